The van der Waals surface area contributed by atoms with Crippen molar-refractivity contribution < 1.29 is 18.7 Å². The zero-order chi connectivity index (χ0) is 19.2. The van der Waals surface area contributed by atoms with E-state index in [9.17, 15) is 9.67 Å². The number of phenolic OH excluding ortho intramolecular Hbond substituents is 1. The topological polar surface area (TPSA) is 55.8 Å². The summed E-state index contributed by atoms with van der Waals surface area (Å²) in [6.07, 6.45) is 9.56. The van der Waals surface area contributed by atoms with Crippen molar-refractivity contribution in [3.05, 3.63) is 34.9 Å². The number of rotatable bonds is 9. The molecule has 1 N–H and O–H groups in total. The number of aryl methyl sites for hydroxylation is 1. The lowest BCUT2D eigenvalue weighted by Crippen LogP contribution is -2.07. The van der Waals surface area contributed by atoms with Crippen molar-refractivity contribution in [2.24, 2.45) is 0 Å². The van der Waals surface area contributed by atoms with Crippen LogP contribution < -0.4 is 4.52 Å². The van der Waals surface area contributed by atoms with Crippen molar-refractivity contribution in [1.82, 2.24) is 0 Å². The fourth-order valence-electron chi connectivity index (χ4n) is 3.62. The maximum atomic E-state index is 12.6. The lowest BCUT2D eigenvalue weighted by Gasteiger charge is -2.25. The fourth-order valence-corrected chi connectivity index (χ4v) is 4.65. The third kappa shape index (κ3) is 5.89. The van der Waals surface area contributed by atoms with Crippen LogP contribution in [0.5, 0.6) is 11.5 Å². The molecule has 0 radical (unpaired) electrons. The normalized spacial score (nSPS) is 19.7. The van der Waals surface area contributed by atoms with E-state index in [2.05, 4.69) is 19.9 Å². The first-order chi connectivity index (χ1) is 12.4. The maximum absolute atomic E-state index is 12.6. The Bertz CT molecular complexity index is 681. The number of aromatic hydroxyl groups is 1. The fraction of sp³-hybridized carbons (Fsp3) is 0.619. The number of phenols is 1. The van der Waals surface area contributed by atoms with Crippen LogP contribution in [0.2, 0.25) is 0 Å². The molecule has 26 heavy (non-hydrogen) atoms. The van der Waals surface area contributed by atoms with Gasteiger partial charge in [-0.2, -0.15) is 0 Å². The lowest BCUT2D eigenvalue weighted by atomic mass is 9.84. The highest BCUT2D eigenvalue weighted by atomic mass is 31.2. The highest BCUT2D eigenvalue weighted by molar-refractivity contribution is 7.53. The van der Waals surface area contributed by atoms with E-state index < -0.39 is 7.60 Å². The third-order valence-corrected chi connectivity index (χ3v) is 6.08. The summed E-state index contributed by atoms with van der Waals surface area (Å²) in [5.41, 5.74) is 3.08. The summed E-state index contributed by atoms with van der Waals surface area (Å²) in [4.78, 5) is 0. The van der Waals surface area contributed by atoms with Crippen LogP contribution in [-0.4, -0.2) is 18.4 Å². The maximum Gasteiger partial charge on any atom is 0.376 e. The molecule has 4 nitrogen and oxygen atoms in total. The van der Waals surface area contributed by atoms with Crippen molar-refractivity contribution >= 4 is 7.60 Å². The van der Waals surface area contributed by atoms with E-state index in [0.717, 1.165) is 56.1 Å². The smallest absolute Gasteiger partial charge is 0.376 e. The molecule has 1 aromatic carbocycles. The average molecular weight is 380 g/mol. The van der Waals surface area contributed by atoms with Gasteiger partial charge in [-0.25, -0.2) is 4.57 Å². The van der Waals surface area contributed by atoms with Crippen LogP contribution in [0.1, 0.15) is 76.3 Å². The molecule has 2 atom stereocenters. The average Bonchev–Trinajstić information content (AvgIpc) is 2.54. The molecule has 1 unspecified atom stereocenters. The van der Waals surface area contributed by atoms with Gasteiger partial charge in [0, 0.05) is 18.1 Å². The van der Waals surface area contributed by atoms with E-state index in [0.29, 0.717) is 12.4 Å². The SMILES string of the molecule is CCCCCc1cc(O)c([C@H]2C=C(C)CCC2)c(OP(C)(=O)OCC)c1. The molecule has 0 aliphatic heterocycles. The van der Waals surface area contributed by atoms with Gasteiger partial charge in [0.15, 0.2) is 0 Å². The van der Waals surface area contributed by atoms with Gasteiger partial charge in [-0.3, -0.25) is 0 Å². The van der Waals surface area contributed by atoms with Crippen molar-refractivity contribution in [3.8, 4) is 11.5 Å². The van der Waals surface area contributed by atoms with E-state index in [-0.39, 0.29) is 11.7 Å². The molecule has 0 amide bonds. The van der Waals surface area contributed by atoms with Gasteiger partial charge in [-0.05, 0) is 63.6 Å². The van der Waals surface area contributed by atoms with E-state index in [1.54, 1.807) is 6.92 Å². The van der Waals surface area contributed by atoms with Crippen LogP contribution >= 0.6 is 7.60 Å². The molecule has 0 aromatic heterocycles. The van der Waals surface area contributed by atoms with Gasteiger partial charge in [0.2, 0.25) is 0 Å². The Labute approximate surface area is 158 Å². The molecule has 0 saturated carbocycles. The van der Waals surface area contributed by atoms with Crippen molar-refractivity contribution in [3.63, 3.8) is 0 Å². The van der Waals surface area contributed by atoms with Gasteiger partial charge in [0.1, 0.15) is 11.5 Å². The minimum atomic E-state index is -3.21. The standard InChI is InChI=1S/C21H33O4P/c1-5-7-8-11-17-14-19(22)21(18-12-9-10-16(3)13-18)20(15-17)25-26(4,23)24-6-2/h13-15,18,22H,5-12H2,1-4H3/t18-,26?/m1/s1. The Hall–Kier alpha value is -1.25. The predicted octanol–water partition coefficient (Wildman–Crippen LogP) is 6.58. The molecular weight excluding hydrogens is 347 g/mol. The minimum Gasteiger partial charge on any atom is -0.507 e. The quantitative estimate of drug-likeness (QED) is 0.299. The van der Waals surface area contributed by atoms with Crippen LogP contribution in [0.3, 0.4) is 0 Å². The number of hydrogen-bond donors (Lipinski definition) is 1. The zero-order valence-corrected chi connectivity index (χ0v) is 17.5. The number of benzene rings is 1. The van der Waals surface area contributed by atoms with Gasteiger partial charge in [0.25, 0.3) is 0 Å². The third-order valence-electron chi connectivity index (χ3n) is 4.82. The first-order valence-corrected chi connectivity index (χ1v) is 11.8. The highest BCUT2D eigenvalue weighted by Crippen LogP contribution is 2.50. The zero-order valence-electron chi connectivity index (χ0n) is 16.6. The summed E-state index contributed by atoms with van der Waals surface area (Å²) in [5.74, 6) is 0.832. The van der Waals surface area contributed by atoms with Gasteiger partial charge in [-0.1, -0.05) is 31.4 Å². The molecule has 0 heterocycles. The molecule has 1 aliphatic carbocycles. The summed E-state index contributed by atoms with van der Waals surface area (Å²) in [5, 5.41) is 10.8. The monoisotopic (exact) mass is 380 g/mol. The van der Waals surface area contributed by atoms with Crippen LogP contribution in [0, 0.1) is 0 Å². The molecule has 1 aliphatic rings. The lowest BCUT2D eigenvalue weighted by molar-refractivity contribution is 0.283. The predicted molar refractivity (Wildman–Crippen MR) is 107 cm³/mol. The summed E-state index contributed by atoms with van der Waals surface area (Å²) >= 11 is 0. The molecule has 5 heteroatoms. The first kappa shape index (κ1) is 21.1. The van der Waals surface area contributed by atoms with Crippen LogP contribution in [-0.2, 0) is 15.5 Å². The molecule has 0 fully saturated rings. The van der Waals surface area contributed by atoms with Crippen LogP contribution in [0.15, 0.2) is 23.8 Å². The van der Waals surface area contributed by atoms with Gasteiger partial charge >= 0.3 is 7.60 Å². The van der Waals surface area contributed by atoms with Crippen LogP contribution in [0.25, 0.3) is 0 Å². The van der Waals surface area contributed by atoms with E-state index in [4.69, 9.17) is 9.05 Å². The van der Waals surface area contributed by atoms with Crippen molar-refractivity contribution in [2.75, 3.05) is 13.3 Å². The highest BCUT2D eigenvalue weighted by Gasteiger charge is 2.26. The Morgan fingerprint density at radius 1 is 1.27 bits per heavy atom. The Morgan fingerprint density at radius 2 is 2.04 bits per heavy atom. The van der Waals surface area contributed by atoms with E-state index in [1.165, 1.54) is 12.2 Å². The Balaban J connectivity index is 2.40. The molecule has 0 saturated heterocycles. The van der Waals surface area contributed by atoms with Gasteiger partial charge in [-0.15, -0.1) is 0 Å². The first-order valence-electron chi connectivity index (χ1n) is 9.81. The number of allylic oxidation sites excluding steroid dienone is 2. The molecule has 146 valence electrons. The Kier molecular flexibility index (Phi) is 7.79. The number of hydrogen-bond acceptors (Lipinski definition) is 4. The van der Waals surface area contributed by atoms with E-state index in [1.807, 2.05) is 12.1 Å². The second-order valence-corrected chi connectivity index (χ2v) is 9.26. The summed E-state index contributed by atoms with van der Waals surface area (Å²) in [6, 6.07) is 3.79. The molecule has 2 rings (SSSR count). The molecule has 0 spiro atoms. The Morgan fingerprint density at radius 3 is 2.69 bits per heavy atom. The van der Waals surface area contributed by atoms with E-state index >= 15 is 0 Å². The summed E-state index contributed by atoms with van der Waals surface area (Å²) in [6.45, 7) is 7.90. The van der Waals surface area contributed by atoms with Crippen molar-refractivity contribution in [2.45, 2.75) is 71.6 Å². The second kappa shape index (κ2) is 9.62. The summed E-state index contributed by atoms with van der Waals surface area (Å²) in [7, 11) is -3.21. The van der Waals surface area contributed by atoms with Gasteiger partial charge < -0.3 is 14.2 Å². The largest absolute Gasteiger partial charge is 0.507 e. The molecular formula is C21H33O4P. The number of unbranched alkanes of at least 4 members (excludes halogenated alkanes) is 2. The molecule has 1 aromatic rings. The minimum absolute atomic E-state index is 0.0880. The van der Waals surface area contributed by atoms with Crippen molar-refractivity contribution in [1.29, 1.82) is 0 Å². The summed E-state index contributed by atoms with van der Waals surface area (Å²) < 4.78 is 23.8. The van der Waals surface area contributed by atoms with Crippen LogP contribution in [0.4, 0.5) is 0 Å². The van der Waals surface area contributed by atoms with Gasteiger partial charge in [0.05, 0.1) is 6.61 Å². The molecule has 0 bridgehead atoms. The second-order valence-electron chi connectivity index (χ2n) is 7.28.